The molecule has 2 aromatic heterocycles. The van der Waals surface area contributed by atoms with Crippen LogP contribution >= 0.6 is 22.9 Å². The first-order valence-electron chi connectivity index (χ1n) is 7.15. The van der Waals surface area contributed by atoms with Crippen LogP contribution in [0.1, 0.15) is 17.3 Å². The van der Waals surface area contributed by atoms with Crippen LogP contribution in [0, 0.1) is 0 Å². The Hall–Kier alpha value is -1.95. The van der Waals surface area contributed by atoms with Crippen LogP contribution < -0.4 is 5.32 Å². The largest absolute Gasteiger partial charge is 0.394 e. The fourth-order valence-corrected chi connectivity index (χ4v) is 3.29. The second-order valence-electron chi connectivity index (χ2n) is 5.23. The van der Waals surface area contributed by atoms with Gasteiger partial charge in [-0.3, -0.25) is 4.79 Å². The van der Waals surface area contributed by atoms with Gasteiger partial charge in [0, 0.05) is 11.4 Å². The first-order valence-corrected chi connectivity index (χ1v) is 8.35. The quantitative estimate of drug-likeness (QED) is 0.756. The minimum atomic E-state index is -0.311. The monoisotopic (exact) mass is 346 g/mol. The van der Waals surface area contributed by atoms with E-state index in [9.17, 15) is 4.79 Å². The lowest BCUT2D eigenvalue weighted by Gasteiger charge is -2.13. The fourth-order valence-electron chi connectivity index (χ4n) is 2.29. The summed E-state index contributed by atoms with van der Waals surface area (Å²) in [5.74, 6) is -0.228. The molecule has 0 saturated heterocycles. The molecule has 1 unspecified atom stereocenters. The molecule has 23 heavy (non-hydrogen) atoms. The lowest BCUT2D eigenvalue weighted by Crippen LogP contribution is -2.35. The van der Waals surface area contributed by atoms with Gasteiger partial charge in [0.2, 0.25) is 0 Å². The Labute approximate surface area is 142 Å². The number of rotatable bonds is 4. The van der Waals surface area contributed by atoms with E-state index in [-0.39, 0.29) is 18.6 Å². The van der Waals surface area contributed by atoms with E-state index in [1.54, 1.807) is 13.0 Å². The maximum absolute atomic E-state index is 12.5. The van der Waals surface area contributed by atoms with Crippen LogP contribution in [0.5, 0.6) is 0 Å². The molecule has 0 saturated carbocycles. The molecule has 1 atom stereocenters. The smallest absolute Gasteiger partial charge is 0.252 e. The van der Waals surface area contributed by atoms with E-state index in [4.69, 9.17) is 16.7 Å². The van der Waals surface area contributed by atoms with Gasteiger partial charge in [-0.05, 0) is 31.2 Å². The predicted octanol–water partition coefficient (Wildman–Crippen LogP) is 3.73. The highest BCUT2D eigenvalue weighted by Crippen LogP contribution is 2.32. The molecule has 0 aliphatic heterocycles. The molecule has 3 aromatic rings. The molecule has 118 valence electrons. The summed E-state index contributed by atoms with van der Waals surface area (Å²) in [6.07, 6.45) is 0. The molecular weight excluding hydrogens is 332 g/mol. The van der Waals surface area contributed by atoms with Crippen LogP contribution in [-0.2, 0) is 0 Å². The molecule has 0 fully saturated rings. The zero-order valence-electron chi connectivity index (χ0n) is 12.4. The standard InChI is InChI=1S/C17H15ClN2O2S/c1-10(9-21)19-17(22)12-8-14(15-6-7-16(18)23-15)20-13-5-3-2-4-11(12)13/h2-8,10,21H,9H2,1H3,(H,19,22). The van der Waals surface area contributed by atoms with Crippen LogP contribution in [0.4, 0.5) is 0 Å². The molecule has 1 amide bonds. The van der Waals surface area contributed by atoms with E-state index in [2.05, 4.69) is 10.3 Å². The molecule has 0 aliphatic rings. The number of halogens is 1. The lowest BCUT2D eigenvalue weighted by atomic mass is 10.1. The number of thiophene rings is 1. The van der Waals surface area contributed by atoms with Crippen molar-refractivity contribution in [2.45, 2.75) is 13.0 Å². The van der Waals surface area contributed by atoms with Crippen molar-refractivity contribution in [2.75, 3.05) is 6.61 Å². The van der Waals surface area contributed by atoms with Gasteiger partial charge < -0.3 is 10.4 Å². The van der Waals surface area contributed by atoms with E-state index in [0.717, 1.165) is 15.8 Å². The number of aromatic nitrogens is 1. The van der Waals surface area contributed by atoms with E-state index < -0.39 is 0 Å². The Bertz CT molecular complexity index is 863. The topological polar surface area (TPSA) is 62.2 Å². The summed E-state index contributed by atoms with van der Waals surface area (Å²) in [6.45, 7) is 1.64. The van der Waals surface area contributed by atoms with Crippen LogP contribution in [0.15, 0.2) is 42.5 Å². The number of pyridine rings is 1. The number of nitrogens with zero attached hydrogens (tertiary/aromatic N) is 1. The van der Waals surface area contributed by atoms with Gasteiger partial charge in [-0.15, -0.1) is 11.3 Å². The second kappa shape index (κ2) is 6.66. The highest BCUT2D eigenvalue weighted by molar-refractivity contribution is 7.19. The van der Waals surface area contributed by atoms with Gasteiger partial charge in [0.1, 0.15) is 0 Å². The van der Waals surface area contributed by atoms with Crippen LogP contribution in [0.2, 0.25) is 4.34 Å². The van der Waals surface area contributed by atoms with Crippen LogP contribution in [0.25, 0.3) is 21.5 Å². The lowest BCUT2D eigenvalue weighted by molar-refractivity contribution is 0.0924. The molecule has 0 spiro atoms. The minimum Gasteiger partial charge on any atom is -0.394 e. The van der Waals surface area contributed by atoms with E-state index >= 15 is 0 Å². The van der Waals surface area contributed by atoms with Gasteiger partial charge in [-0.2, -0.15) is 0 Å². The maximum Gasteiger partial charge on any atom is 0.252 e. The Morgan fingerprint density at radius 1 is 1.35 bits per heavy atom. The molecular formula is C17H15ClN2O2S. The number of hydrogen-bond acceptors (Lipinski definition) is 4. The maximum atomic E-state index is 12.5. The van der Waals surface area contributed by atoms with Gasteiger partial charge in [0.25, 0.3) is 5.91 Å². The normalized spacial score (nSPS) is 12.3. The summed E-state index contributed by atoms with van der Waals surface area (Å²) in [5.41, 5.74) is 1.99. The average molecular weight is 347 g/mol. The number of hydrogen-bond donors (Lipinski definition) is 2. The highest BCUT2D eigenvalue weighted by Gasteiger charge is 2.16. The first kappa shape index (κ1) is 15.9. The summed E-state index contributed by atoms with van der Waals surface area (Å²) in [5, 5.41) is 12.7. The van der Waals surface area contributed by atoms with Crippen molar-refractivity contribution < 1.29 is 9.90 Å². The number of para-hydroxylation sites is 1. The van der Waals surface area contributed by atoms with Gasteiger partial charge in [0.15, 0.2) is 0 Å². The minimum absolute atomic E-state index is 0.109. The van der Waals surface area contributed by atoms with E-state index in [1.165, 1.54) is 11.3 Å². The third kappa shape index (κ3) is 3.37. The molecule has 1 aromatic carbocycles. The molecule has 4 nitrogen and oxygen atoms in total. The van der Waals surface area contributed by atoms with Crippen molar-refractivity contribution in [3.63, 3.8) is 0 Å². The predicted molar refractivity (Wildman–Crippen MR) is 94.1 cm³/mol. The fraction of sp³-hybridized carbons (Fsp3) is 0.176. The number of carbonyl (C=O) groups excluding carboxylic acids is 1. The van der Waals surface area contributed by atoms with Gasteiger partial charge in [-0.1, -0.05) is 29.8 Å². The van der Waals surface area contributed by atoms with Crippen LogP contribution in [0.3, 0.4) is 0 Å². The number of nitrogens with one attached hydrogen (secondary N) is 1. The second-order valence-corrected chi connectivity index (χ2v) is 6.95. The molecule has 6 heteroatoms. The van der Waals surface area contributed by atoms with E-state index in [1.807, 2.05) is 36.4 Å². The van der Waals surface area contributed by atoms with Gasteiger partial charge >= 0.3 is 0 Å². The Morgan fingerprint density at radius 3 is 2.83 bits per heavy atom. The number of aliphatic hydroxyl groups excluding tert-OH is 1. The third-order valence-corrected chi connectivity index (χ3v) is 4.69. The summed E-state index contributed by atoms with van der Waals surface area (Å²) in [6, 6.07) is 12.7. The summed E-state index contributed by atoms with van der Waals surface area (Å²) < 4.78 is 0.676. The van der Waals surface area contributed by atoms with Gasteiger partial charge in [0.05, 0.1) is 32.6 Å². The highest BCUT2D eigenvalue weighted by atomic mass is 35.5. The summed E-state index contributed by atoms with van der Waals surface area (Å²) in [7, 11) is 0. The number of fused-ring (bicyclic) bond motifs is 1. The number of benzene rings is 1. The van der Waals surface area contributed by atoms with Crippen molar-refractivity contribution in [2.24, 2.45) is 0 Å². The third-order valence-electron chi connectivity index (χ3n) is 3.44. The van der Waals surface area contributed by atoms with Crippen LogP contribution in [-0.4, -0.2) is 28.6 Å². The summed E-state index contributed by atoms with van der Waals surface area (Å²) in [4.78, 5) is 18.1. The van der Waals surface area contributed by atoms with E-state index in [0.29, 0.717) is 15.6 Å². The zero-order chi connectivity index (χ0) is 16.4. The molecule has 0 aliphatic carbocycles. The van der Waals surface area contributed by atoms with Crippen molar-refractivity contribution in [3.05, 3.63) is 52.4 Å². The number of carbonyl (C=O) groups is 1. The molecule has 0 radical (unpaired) electrons. The van der Waals surface area contributed by atoms with Gasteiger partial charge in [-0.25, -0.2) is 4.98 Å². The average Bonchev–Trinajstić information content (AvgIpc) is 3.00. The Kier molecular flexibility index (Phi) is 4.61. The van der Waals surface area contributed by atoms with Crippen molar-refractivity contribution in [1.82, 2.24) is 10.3 Å². The SMILES string of the molecule is CC(CO)NC(=O)c1cc(-c2ccc(Cl)s2)nc2ccccc12. The number of aliphatic hydroxyl groups is 1. The Balaban J connectivity index is 2.13. The molecule has 2 N–H and O–H groups in total. The molecule has 0 bridgehead atoms. The number of amides is 1. The first-order chi connectivity index (χ1) is 11.1. The summed E-state index contributed by atoms with van der Waals surface area (Å²) >= 11 is 7.42. The van der Waals surface area contributed by atoms with Crippen molar-refractivity contribution >= 4 is 39.7 Å². The zero-order valence-corrected chi connectivity index (χ0v) is 14.0. The molecule has 2 heterocycles. The molecule has 3 rings (SSSR count). The Morgan fingerprint density at radius 2 is 2.13 bits per heavy atom. The van der Waals surface area contributed by atoms with Crippen molar-refractivity contribution in [3.8, 4) is 10.6 Å². The van der Waals surface area contributed by atoms with Crippen molar-refractivity contribution in [1.29, 1.82) is 0 Å².